The summed E-state index contributed by atoms with van der Waals surface area (Å²) in [5.74, 6) is -0.706. The summed E-state index contributed by atoms with van der Waals surface area (Å²) in [5.41, 5.74) is 0.631. The van der Waals surface area contributed by atoms with Crippen LogP contribution in [-0.2, 0) is 17.3 Å². The number of ether oxygens (including phenoxy) is 1. The van der Waals surface area contributed by atoms with Crippen LogP contribution >= 0.6 is 0 Å². The molecule has 1 aromatic heterocycles. The second kappa shape index (κ2) is 6.75. The first kappa shape index (κ1) is 19.0. The summed E-state index contributed by atoms with van der Waals surface area (Å²) >= 11 is 0. The molecular formula is C20H19F3N4O3. The number of amides is 2. The number of aromatic amines is 1. The molecule has 0 bridgehead atoms. The minimum absolute atomic E-state index is 0.130. The van der Waals surface area contributed by atoms with E-state index in [1.807, 2.05) is 29.4 Å². The van der Waals surface area contributed by atoms with E-state index in [4.69, 9.17) is 4.74 Å². The maximum atomic E-state index is 13.1. The second-order valence-electron chi connectivity index (χ2n) is 7.86. The molecule has 1 aliphatic carbocycles. The highest BCUT2D eigenvalue weighted by molar-refractivity contribution is 5.95. The Labute approximate surface area is 169 Å². The lowest BCUT2D eigenvalue weighted by atomic mass is 9.98. The van der Waals surface area contributed by atoms with E-state index in [2.05, 4.69) is 5.10 Å². The molecule has 30 heavy (non-hydrogen) atoms. The Balaban J connectivity index is 1.30. The number of benzene rings is 1. The molecule has 1 aromatic carbocycles. The Morgan fingerprint density at radius 3 is 2.67 bits per heavy atom. The van der Waals surface area contributed by atoms with Crippen molar-refractivity contribution in [1.82, 2.24) is 20.0 Å². The Morgan fingerprint density at radius 2 is 1.93 bits per heavy atom. The van der Waals surface area contributed by atoms with E-state index >= 15 is 0 Å². The lowest BCUT2D eigenvalue weighted by Crippen LogP contribution is -2.48. The minimum atomic E-state index is -4.68. The highest BCUT2D eigenvalue weighted by Gasteiger charge is 2.50. The maximum Gasteiger partial charge on any atom is 0.433 e. The Hall–Kier alpha value is -3.04. The minimum Gasteiger partial charge on any atom is -0.443 e. The van der Waals surface area contributed by atoms with Gasteiger partial charge in [0.2, 0.25) is 0 Å². The van der Waals surface area contributed by atoms with E-state index in [0.717, 1.165) is 17.3 Å². The third-order valence-corrected chi connectivity index (χ3v) is 6.21. The van der Waals surface area contributed by atoms with Gasteiger partial charge >= 0.3 is 12.3 Å². The van der Waals surface area contributed by atoms with Gasteiger partial charge in [0.05, 0.1) is 17.8 Å². The van der Waals surface area contributed by atoms with Crippen molar-refractivity contribution in [2.75, 3.05) is 13.1 Å². The summed E-state index contributed by atoms with van der Waals surface area (Å²) in [7, 11) is 0. The van der Waals surface area contributed by atoms with Crippen LogP contribution in [0.2, 0.25) is 0 Å². The van der Waals surface area contributed by atoms with Gasteiger partial charge in [0.25, 0.3) is 5.91 Å². The molecule has 10 heteroatoms. The zero-order valence-corrected chi connectivity index (χ0v) is 15.9. The van der Waals surface area contributed by atoms with Crippen molar-refractivity contribution in [3.8, 4) is 0 Å². The van der Waals surface area contributed by atoms with Gasteiger partial charge in [-0.05, 0) is 24.0 Å². The normalized spacial score (nSPS) is 24.0. The molecule has 1 N–H and O–H groups in total. The Morgan fingerprint density at radius 1 is 1.20 bits per heavy atom. The molecule has 7 nitrogen and oxygen atoms in total. The number of aromatic nitrogens is 2. The Kier molecular flexibility index (Phi) is 4.26. The van der Waals surface area contributed by atoms with Crippen molar-refractivity contribution in [3.05, 3.63) is 52.8 Å². The molecule has 0 unspecified atom stereocenters. The van der Waals surface area contributed by atoms with E-state index in [9.17, 15) is 22.8 Å². The third kappa shape index (κ3) is 2.93. The molecular weight excluding hydrogens is 401 g/mol. The number of hydrogen-bond acceptors (Lipinski definition) is 4. The summed E-state index contributed by atoms with van der Waals surface area (Å²) in [6, 6.07) is 7.66. The van der Waals surface area contributed by atoms with Crippen molar-refractivity contribution in [2.45, 2.75) is 43.6 Å². The first-order valence-electron chi connectivity index (χ1n) is 9.81. The van der Waals surface area contributed by atoms with Gasteiger partial charge in [0.1, 0.15) is 6.10 Å². The summed E-state index contributed by atoms with van der Waals surface area (Å²) in [4.78, 5) is 28.3. The van der Waals surface area contributed by atoms with Crippen LogP contribution in [-0.4, -0.2) is 57.2 Å². The standard InChI is InChI=1S/C20H19F3N4O3/c21-20(22,23)17-14(10-24-25-17)18(28)26-7-5-12(6-8-26)27-16-13-4-2-1-3-11(13)9-15(16)30-19(27)29/h1-4,10,12,15-16H,5-9H2,(H,24,25)/t15-,16+/m0/s1. The smallest absolute Gasteiger partial charge is 0.433 e. The molecule has 0 radical (unpaired) electrons. The number of hydrogen-bond donors (Lipinski definition) is 1. The van der Waals surface area contributed by atoms with Gasteiger partial charge in [-0.1, -0.05) is 24.3 Å². The predicted octanol–water partition coefficient (Wildman–Crippen LogP) is 3.15. The van der Waals surface area contributed by atoms with Crippen molar-refractivity contribution in [1.29, 1.82) is 0 Å². The maximum absolute atomic E-state index is 13.1. The molecule has 3 aliphatic rings. The molecule has 2 saturated heterocycles. The van der Waals surface area contributed by atoms with Gasteiger partial charge in [-0.25, -0.2) is 4.79 Å². The van der Waals surface area contributed by atoms with E-state index in [-0.39, 0.29) is 37.4 Å². The van der Waals surface area contributed by atoms with Crippen LogP contribution in [0.3, 0.4) is 0 Å². The Bertz CT molecular complexity index is 997. The fraction of sp³-hybridized carbons (Fsp3) is 0.450. The molecule has 2 fully saturated rings. The number of halogens is 3. The van der Waals surface area contributed by atoms with Gasteiger partial charge in [0.15, 0.2) is 5.69 Å². The zero-order chi connectivity index (χ0) is 21.0. The quantitative estimate of drug-likeness (QED) is 0.810. The van der Waals surface area contributed by atoms with E-state index in [0.29, 0.717) is 19.3 Å². The number of carbonyl (C=O) groups excluding carboxylic acids is 2. The van der Waals surface area contributed by atoms with Crippen LogP contribution in [0.25, 0.3) is 0 Å². The van der Waals surface area contributed by atoms with Crippen LogP contribution in [0.4, 0.5) is 18.0 Å². The number of carbonyl (C=O) groups is 2. The SMILES string of the molecule is O=C(c1cn[nH]c1C(F)(F)F)N1CCC(N2C(=O)O[C@H]3Cc4ccccc4[C@H]32)CC1. The lowest BCUT2D eigenvalue weighted by molar-refractivity contribution is -0.141. The molecule has 3 heterocycles. The largest absolute Gasteiger partial charge is 0.443 e. The fourth-order valence-electron chi connectivity index (χ4n) is 4.83. The predicted molar refractivity (Wildman–Crippen MR) is 97.5 cm³/mol. The van der Waals surface area contributed by atoms with Crippen LogP contribution in [0, 0.1) is 0 Å². The van der Waals surface area contributed by atoms with Crippen molar-refractivity contribution in [2.24, 2.45) is 0 Å². The first-order valence-corrected chi connectivity index (χ1v) is 9.81. The summed E-state index contributed by atoms with van der Waals surface area (Å²) in [5, 5.41) is 5.26. The molecule has 5 rings (SSSR count). The molecule has 158 valence electrons. The topological polar surface area (TPSA) is 78.5 Å². The van der Waals surface area contributed by atoms with Crippen LogP contribution in [0.15, 0.2) is 30.5 Å². The number of fused-ring (bicyclic) bond motifs is 3. The van der Waals surface area contributed by atoms with Crippen molar-refractivity contribution >= 4 is 12.0 Å². The van der Waals surface area contributed by atoms with Crippen LogP contribution in [0.5, 0.6) is 0 Å². The number of nitrogens with one attached hydrogen (secondary N) is 1. The van der Waals surface area contributed by atoms with Gasteiger partial charge in [-0.15, -0.1) is 0 Å². The highest BCUT2D eigenvalue weighted by Crippen LogP contribution is 2.44. The van der Waals surface area contributed by atoms with Crippen molar-refractivity contribution < 1.29 is 27.5 Å². The number of nitrogens with zero attached hydrogens (tertiary/aromatic N) is 3. The van der Waals surface area contributed by atoms with Gasteiger partial charge in [-0.3, -0.25) is 14.8 Å². The molecule has 0 saturated carbocycles. The van der Waals surface area contributed by atoms with Gasteiger partial charge in [0, 0.05) is 25.6 Å². The van der Waals surface area contributed by atoms with Gasteiger partial charge < -0.3 is 9.64 Å². The second-order valence-corrected chi connectivity index (χ2v) is 7.86. The number of piperidine rings is 1. The fourth-order valence-corrected chi connectivity index (χ4v) is 4.83. The zero-order valence-electron chi connectivity index (χ0n) is 15.9. The number of alkyl halides is 3. The average molecular weight is 420 g/mol. The molecule has 2 amide bonds. The number of likely N-dealkylation sites (tertiary alicyclic amines) is 1. The van der Waals surface area contributed by atoms with Crippen LogP contribution < -0.4 is 0 Å². The number of rotatable bonds is 2. The monoisotopic (exact) mass is 420 g/mol. The molecule has 2 atom stereocenters. The lowest BCUT2D eigenvalue weighted by Gasteiger charge is -2.37. The van der Waals surface area contributed by atoms with E-state index in [1.54, 1.807) is 4.90 Å². The summed E-state index contributed by atoms with van der Waals surface area (Å²) in [6.07, 6.45) is -2.70. The highest BCUT2D eigenvalue weighted by atomic mass is 19.4. The molecule has 2 aliphatic heterocycles. The van der Waals surface area contributed by atoms with Crippen molar-refractivity contribution in [3.63, 3.8) is 0 Å². The average Bonchev–Trinajstić information content (AvgIpc) is 3.40. The van der Waals surface area contributed by atoms with Crippen LogP contribution in [0.1, 0.15) is 46.1 Å². The summed E-state index contributed by atoms with van der Waals surface area (Å²) in [6.45, 7) is 0.517. The first-order chi connectivity index (χ1) is 14.3. The van der Waals surface area contributed by atoms with E-state index < -0.39 is 23.3 Å². The molecule has 2 aromatic rings. The van der Waals surface area contributed by atoms with E-state index in [1.165, 1.54) is 4.90 Å². The molecule has 0 spiro atoms. The third-order valence-electron chi connectivity index (χ3n) is 6.21. The van der Waals surface area contributed by atoms with Gasteiger partial charge in [-0.2, -0.15) is 18.3 Å². The number of H-pyrrole nitrogens is 1. The summed E-state index contributed by atoms with van der Waals surface area (Å²) < 4.78 is 44.8.